The van der Waals surface area contributed by atoms with Crippen molar-refractivity contribution in [2.75, 3.05) is 5.32 Å². The number of hydrogen-bond acceptors (Lipinski definition) is 3. The number of H-pyrrole nitrogens is 1. The summed E-state index contributed by atoms with van der Waals surface area (Å²) in [5.74, 6) is 0.00168. The van der Waals surface area contributed by atoms with Gasteiger partial charge in [-0.2, -0.15) is 0 Å². The van der Waals surface area contributed by atoms with Crippen molar-refractivity contribution in [2.24, 2.45) is 0 Å². The molecule has 0 radical (unpaired) electrons. The Kier molecular flexibility index (Phi) is 4.67. The molecule has 1 aromatic heterocycles. The lowest BCUT2D eigenvalue weighted by Crippen LogP contribution is -2.24. The van der Waals surface area contributed by atoms with Crippen molar-refractivity contribution in [1.29, 1.82) is 0 Å². The Morgan fingerprint density at radius 2 is 1.96 bits per heavy atom. The van der Waals surface area contributed by atoms with Gasteiger partial charge >= 0.3 is 0 Å². The zero-order chi connectivity index (χ0) is 16.2. The fourth-order valence-corrected chi connectivity index (χ4v) is 3.22. The molecule has 0 aliphatic heterocycles. The number of aromatic nitrogens is 2. The van der Waals surface area contributed by atoms with Gasteiger partial charge in [-0.05, 0) is 37.6 Å². The molecule has 0 aliphatic carbocycles. The molecule has 0 bridgehead atoms. The Morgan fingerprint density at radius 1 is 1.22 bits per heavy atom. The third-order valence-electron chi connectivity index (χ3n) is 3.60. The minimum absolute atomic E-state index is 0.00168. The summed E-state index contributed by atoms with van der Waals surface area (Å²) < 4.78 is 0. The zero-order valence-electron chi connectivity index (χ0n) is 13.2. The van der Waals surface area contributed by atoms with E-state index >= 15 is 0 Å². The zero-order valence-corrected chi connectivity index (χ0v) is 14.0. The van der Waals surface area contributed by atoms with Gasteiger partial charge in [-0.25, -0.2) is 4.98 Å². The molecule has 0 saturated carbocycles. The summed E-state index contributed by atoms with van der Waals surface area (Å²) in [4.78, 5) is 20.3. The van der Waals surface area contributed by atoms with Gasteiger partial charge in [-0.1, -0.05) is 48.5 Å². The average molecular weight is 325 g/mol. The molecule has 3 aromatic rings. The molecule has 118 valence electrons. The highest BCUT2D eigenvalue weighted by Gasteiger charge is 2.19. The van der Waals surface area contributed by atoms with Crippen LogP contribution in [-0.4, -0.2) is 21.1 Å². The quantitative estimate of drug-likeness (QED) is 0.684. The summed E-state index contributed by atoms with van der Waals surface area (Å²) in [7, 11) is 0. The summed E-state index contributed by atoms with van der Waals surface area (Å²) in [5.41, 5.74) is 3.91. The molecule has 1 atom stereocenters. The molecule has 2 aromatic carbocycles. The van der Waals surface area contributed by atoms with Crippen LogP contribution in [0.15, 0.2) is 53.7 Å². The number of aryl methyl sites for hydroxylation is 1. The first kappa shape index (κ1) is 15.6. The summed E-state index contributed by atoms with van der Waals surface area (Å²) in [6.45, 7) is 4.03. The predicted molar refractivity (Wildman–Crippen MR) is 95.8 cm³/mol. The molecule has 0 aliphatic rings. The number of amides is 1. The third-order valence-corrected chi connectivity index (χ3v) is 4.85. The van der Waals surface area contributed by atoms with Crippen molar-refractivity contribution < 1.29 is 4.79 Å². The molecule has 0 saturated heterocycles. The molecule has 2 N–H and O–H groups in total. The molecule has 1 amide bonds. The van der Waals surface area contributed by atoms with E-state index < -0.39 is 0 Å². The number of hydrogen-bond donors (Lipinski definition) is 2. The minimum atomic E-state index is -0.183. The Balaban J connectivity index is 1.71. The Hall–Kier alpha value is -2.27. The van der Waals surface area contributed by atoms with Crippen LogP contribution in [0.2, 0.25) is 0 Å². The van der Waals surface area contributed by atoms with Crippen LogP contribution in [0.4, 0.5) is 5.69 Å². The Bertz CT molecular complexity index is 778. The van der Waals surface area contributed by atoms with E-state index in [1.165, 1.54) is 17.3 Å². The van der Waals surface area contributed by atoms with Crippen molar-refractivity contribution in [3.63, 3.8) is 0 Å². The van der Waals surface area contributed by atoms with E-state index in [1.807, 2.05) is 62.4 Å². The lowest BCUT2D eigenvalue weighted by Gasteiger charge is -2.13. The molecule has 0 spiro atoms. The van der Waals surface area contributed by atoms with Crippen molar-refractivity contribution in [3.05, 3.63) is 54.1 Å². The first-order valence-corrected chi connectivity index (χ1v) is 8.52. The molecule has 1 heterocycles. The topological polar surface area (TPSA) is 57.8 Å². The van der Waals surface area contributed by atoms with Gasteiger partial charge in [0.15, 0.2) is 5.16 Å². The maximum Gasteiger partial charge on any atom is 0.237 e. The van der Waals surface area contributed by atoms with Crippen LogP contribution in [0.1, 0.15) is 18.9 Å². The lowest BCUT2D eigenvalue weighted by molar-refractivity contribution is -0.115. The summed E-state index contributed by atoms with van der Waals surface area (Å²) >= 11 is 1.47. The van der Waals surface area contributed by atoms with Gasteiger partial charge < -0.3 is 10.3 Å². The van der Waals surface area contributed by atoms with Gasteiger partial charge in [0.05, 0.1) is 16.3 Å². The van der Waals surface area contributed by atoms with Gasteiger partial charge in [0.2, 0.25) is 5.91 Å². The Labute approximate surface area is 139 Å². The maximum absolute atomic E-state index is 12.5. The van der Waals surface area contributed by atoms with Gasteiger partial charge in [0.1, 0.15) is 0 Å². The molecule has 3 rings (SSSR count). The van der Waals surface area contributed by atoms with E-state index in [1.54, 1.807) is 0 Å². The third kappa shape index (κ3) is 3.74. The fraction of sp³-hybridized carbons (Fsp3) is 0.222. The maximum atomic E-state index is 12.5. The van der Waals surface area contributed by atoms with Gasteiger partial charge in [-0.3, -0.25) is 4.79 Å². The van der Waals surface area contributed by atoms with E-state index in [2.05, 4.69) is 15.3 Å². The average Bonchev–Trinajstić information content (AvgIpc) is 2.97. The number of rotatable bonds is 5. The molecule has 23 heavy (non-hydrogen) atoms. The number of imidazole rings is 1. The second kappa shape index (κ2) is 6.87. The van der Waals surface area contributed by atoms with Gasteiger partial charge in [-0.15, -0.1) is 0 Å². The van der Waals surface area contributed by atoms with Crippen LogP contribution in [0.3, 0.4) is 0 Å². The lowest BCUT2D eigenvalue weighted by atomic mass is 10.2. The first-order chi connectivity index (χ1) is 11.2. The molecule has 5 heteroatoms. The van der Waals surface area contributed by atoms with Crippen LogP contribution in [0, 0.1) is 6.92 Å². The van der Waals surface area contributed by atoms with E-state index in [-0.39, 0.29) is 11.2 Å². The van der Waals surface area contributed by atoms with Crippen molar-refractivity contribution >= 4 is 34.4 Å². The standard InChI is InChI=1S/C18H19N3OS/c1-3-16(17(22)19-13-10-8-12(2)9-11-13)23-18-20-14-6-4-5-7-15(14)21-18/h4-11,16H,3H2,1-2H3,(H,19,22)(H,20,21). The van der Waals surface area contributed by atoms with Crippen LogP contribution in [-0.2, 0) is 4.79 Å². The van der Waals surface area contributed by atoms with Crippen molar-refractivity contribution in [3.8, 4) is 0 Å². The number of nitrogens with one attached hydrogen (secondary N) is 2. The van der Waals surface area contributed by atoms with Crippen molar-refractivity contribution in [2.45, 2.75) is 30.7 Å². The van der Waals surface area contributed by atoms with Crippen molar-refractivity contribution in [1.82, 2.24) is 9.97 Å². The second-order valence-corrected chi connectivity index (χ2v) is 6.62. The highest BCUT2D eigenvalue weighted by molar-refractivity contribution is 8.00. The van der Waals surface area contributed by atoms with E-state index in [0.717, 1.165) is 28.3 Å². The van der Waals surface area contributed by atoms with Crippen LogP contribution >= 0.6 is 11.8 Å². The SMILES string of the molecule is CCC(Sc1nc2ccccc2[nH]1)C(=O)Nc1ccc(C)cc1. The molecular formula is C18H19N3OS. The first-order valence-electron chi connectivity index (χ1n) is 7.64. The second-order valence-electron chi connectivity index (χ2n) is 5.43. The number of para-hydroxylation sites is 2. The summed E-state index contributed by atoms with van der Waals surface area (Å²) in [5, 5.41) is 3.56. The van der Waals surface area contributed by atoms with E-state index in [0.29, 0.717) is 0 Å². The number of carbonyl (C=O) groups excluding carboxylic acids is 1. The van der Waals surface area contributed by atoms with E-state index in [4.69, 9.17) is 0 Å². The predicted octanol–water partition coefficient (Wildman–Crippen LogP) is 4.38. The number of nitrogens with zero attached hydrogens (tertiary/aromatic N) is 1. The van der Waals surface area contributed by atoms with Crippen LogP contribution < -0.4 is 5.32 Å². The Morgan fingerprint density at radius 3 is 2.65 bits per heavy atom. The smallest absolute Gasteiger partial charge is 0.237 e. The number of carbonyl (C=O) groups is 1. The van der Waals surface area contributed by atoms with Gasteiger partial charge in [0.25, 0.3) is 0 Å². The highest BCUT2D eigenvalue weighted by atomic mass is 32.2. The summed E-state index contributed by atoms with van der Waals surface area (Å²) in [6, 6.07) is 15.7. The molecule has 4 nitrogen and oxygen atoms in total. The number of aromatic amines is 1. The summed E-state index contributed by atoms with van der Waals surface area (Å²) in [6.07, 6.45) is 0.736. The minimum Gasteiger partial charge on any atom is -0.333 e. The van der Waals surface area contributed by atoms with Crippen LogP contribution in [0.25, 0.3) is 11.0 Å². The molecule has 0 fully saturated rings. The highest BCUT2D eigenvalue weighted by Crippen LogP contribution is 2.26. The number of benzene rings is 2. The van der Waals surface area contributed by atoms with E-state index in [9.17, 15) is 4.79 Å². The normalized spacial score (nSPS) is 12.3. The molecule has 1 unspecified atom stereocenters. The largest absolute Gasteiger partial charge is 0.333 e. The molecular weight excluding hydrogens is 306 g/mol. The monoisotopic (exact) mass is 325 g/mol. The number of thioether (sulfide) groups is 1. The number of fused-ring (bicyclic) bond motifs is 1. The fourth-order valence-electron chi connectivity index (χ4n) is 2.30. The number of anilines is 1. The van der Waals surface area contributed by atoms with Crippen LogP contribution in [0.5, 0.6) is 0 Å². The van der Waals surface area contributed by atoms with Gasteiger partial charge in [0, 0.05) is 5.69 Å².